The molecule has 1 aliphatic carbocycles. The number of benzene rings is 1. The fraction of sp³-hybridized carbons (Fsp3) is 0.538. The third-order valence-corrected chi connectivity index (χ3v) is 9.98. The summed E-state index contributed by atoms with van der Waals surface area (Å²) in [5.74, 6) is -1.51. The Balaban J connectivity index is 1.29. The maximum absolute atomic E-state index is 13.2. The second-order valence-corrected chi connectivity index (χ2v) is 14.6. The standard InChI is InChI=1S/C39H50F3N3O4/c1-37(2,3)38(4,5)22-12-10-8-7-9-11-13-23-49-24-21-26-17-18-27-31(25-26)43-29-20-19-28(36(47)48-6)34(33(27)29)45-35(46)30-15-14-16-32(44-30)39(40,41)42/h14-20,25-26H,7-13,21-24H2,1-6H3,(H,45,46). The number of carbonyl (C=O) groups is 2. The number of nitrogens with zero attached hydrogens (tertiary/aromatic N) is 2. The van der Waals surface area contributed by atoms with Crippen molar-refractivity contribution in [3.63, 3.8) is 0 Å². The quantitative estimate of drug-likeness (QED) is 0.142. The molecule has 2 aliphatic rings. The number of hydrogen-bond acceptors (Lipinski definition) is 6. The van der Waals surface area contributed by atoms with Gasteiger partial charge < -0.3 is 14.8 Å². The van der Waals surface area contributed by atoms with Gasteiger partial charge in [0.2, 0.25) is 0 Å². The zero-order valence-electron chi connectivity index (χ0n) is 29.6. The molecule has 1 amide bonds. The maximum atomic E-state index is 13.2. The summed E-state index contributed by atoms with van der Waals surface area (Å²) in [4.78, 5) is 34.0. The number of unbranched alkanes of at least 4 members (excludes halogenated alkanes) is 6. The molecule has 0 radical (unpaired) electrons. The molecule has 10 heteroatoms. The lowest BCUT2D eigenvalue weighted by molar-refractivity contribution is -0.141. The number of halogens is 3. The van der Waals surface area contributed by atoms with Crippen molar-refractivity contribution < 1.29 is 32.2 Å². The van der Waals surface area contributed by atoms with Gasteiger partial charge in [-0.2, -0.15) is 13.2 Å². The molecule has 266 valence electrons. The van der Waals surface area contributed by atoms with Crippen molar-refractivity contribution in [2.75, 3.05) is 25.6 Å². The Bertz CT molecular complexity index is 1690. The number of nitrogens with one attached hydrogen (secondary N) is 1. The number of aromatic nitrogens is 1. The monoisotopic (exact) mass is 681 g/mol. The van der Waals surface area contributed by atoms with E-state index in [1.54, 1.807) is 6.07 Å². The van der Waals surface area contributed by atoms with Crippen LogP contribution in [0.15, 0.2) is 59.2 Å². The molecule has 0 saturated heterocycles. The third kappa shape index (κ3) is 9.90. The first kappa shape index (κ1) is 38.0. The second-order valence-electron chi connectivity index (χ2n) is 14.6. The van der Waals surface area contributed by atoms with Crippen LogP contribution < -0.4 is 15.9 Å². The normalized spacial score (nSPS) is 15.7. The molecule has 1 N–H and O–H groups in total. The van der Waals surface area contributed by atoms with E-state index in [2.05, 4.69) is 44.9 Å². The van der Waals surface area contributed by atoms with Gasteiger partial charge in [0.15, 0.2) is 0 Å². The van der Waals surface area contributed by atoms with E-state index in [1.807, 2.05) is 18.2 Å². The summed E-state index contributed by atoms with van der Waals surface area (Å²) in [5, 5.41) is 3.64. The molecule has 0 bridgehead atoms. The van der Waals surface area contributed by atoms with Gasteiger partial charge in [-0.15, -0.1) is 0 Å². The van der Waals surface area contributed by atoms with Crippen LogP contribution >= 0.6 is 0 Å². The number of alkyl halides is 3. The summed E-state index contributed by atoms with van der Waals surface area (Å²) < 4.78 is 50.6. The number of fused-ring (bicyclic) bond motifs is 2. The lowest BCUT2D eigenvalue weighted by atomic mass is 9.67. The van der Waals surface area contributed by atoms with Crippen molar-refractivity contribution in [2.24, 2.45) is 21.7 Å². The number of ether oxygens (including phenoxy) is 2. The highest BCUT2D eigenvalue weighted by Gasteiger charge is 2.34. The van der Waals surface area contributed by atoms with Crippen LogP contribution in [0.3, 0.4) is 0 Å². The van der Waals surface area contributed by atoms with Gasteiger partial charge in [-0.3, -0.25) is 4.79 Å². The number of rotatable bonds is 16. The van der Waals surface area contributed by atoms with Gasteiger partial charge >= 0.3 is 12.1 Å². The van der Waals surface area contributed by atoms with Gasteiger partial charge in [0.05, 0.1) is 29.4 Å². The van der Waals surface area contributed by atoms with Crippen molar-refractivity contribution >= 4 is 23.1 Å². The molecule has 0 saturated carbocycles. The summed E-state index contributed by atoms with van der Waals surface area (Å²) in [7, 11) is 1.21. The van der Waals surface area contributed by atoms with E-state index in [0.29, 0.717) is 39.3 Å². The molecule has 7 nitrogen and oxygen atoms in total. The fourth-order valence-electron chi connectivity index (χ4n) is 5.89. The lowest BCUT2D eigenvalue weighted by Gasteiger charge is -2.39. The molecular formula is C39H50F3N3O4. The Morgan fingerprint density at radius 1 is 0.898 bits per heavy atom. The number of carbonyl (C=O) groups excluding carboxylic acids is 2. The number of allylic oxidation sites excluding steroid dienone is 3. The lowest BCUT2D eigenvalue weighted by Crippen LogP contribution is -2.32. The Morgan fingerprint density at radius 2 is 1.59 bits per heavy atom. The summed E-state index contributed by atoms with van der Waals surface area (Å²) in [6, 6.07) is 6.21. The highest BCUT2D eigenvalue weighted by Crippen LogP contribution is 2.42. The van der Waals surface area contributed by atoms with Gasteiger partial charge in [-0.05, 0) is 60.3 Å². The first-order valence-corrected chi connectivity index (χ1v) is 17.3. The second kappa shape index (κ2) is 16.3. The minimum Gasteiger partial charge on any atom is -0.465 e. The number of methoxy groups -OCH3 is 1. The molecule has 1 aromatic heterocycles. The Labute approximate surface area is 287 Å². The predicted octanol–water partition coefficient (Wildman–Crippen LogP) is 8.59. The van der Waals surface area contributed by atoms with Crippen LogP contribution in [0, 0.1) is 16.7 Å². The van der Waals surface area contributed by atoms with E-state index in [-0.39, 0.29) is 17.2 Å². The summed E-state index contributed by atoms with van der Waals surface area (Å²) in [6.07, 6.45) is 11.9. The number of anilines is 1. The summed E-state index contributed by atoms with van der Waals surface area (Å²) in [6.45, 7) is 13.1. The van der Waals surface area contributed by atoms with Crippen molar-refractivity contribution in [1.29, 1.82) is 0 Å². The zero-order valence-corrected chi connectivity index (χ0v) is 29.6. The largest absolute Gasteiger partial charge is 0.465 e. The van der Waals surface area contributed by atoms with Gasteiger partial charge in [0.1, 0.15) is 11.4 Å². The Morgan fingerprint density at radius 3 is 2.27 bits per heavy atom. The van der Waals surface area contributed by atoms with E-state index in [9.17, 15) is 22.8 Å². The molecule has 49 heavy (non-hydrogen) atoms. The van der Waals surface area contributed by atoms with Crippen LogP contribution in [0.4, 0.5) is 18.9 Å². The van der Waals surface area contributed by atoms with Gasteiger partial charge in [0, 0.05) is 24.0 Å². The number of pyridine rings is 1. The van der Waals surface area contributed by atoms with Crippen molar-refractivity contribution in [2.45, 2.75) is 98.6 Å². The third-order valence-electron chi connectivity index (χ3n) is 9.98. The molecule has 1 aliphatic heterocycles. The number of amides is 1. The first-order valence-electron chi connectivity index (χ1n) is 17.3. The highest BCUT2D eigenvalue weighted by atomic mass is 19.4. The zero-order chi connectivity index (χ0) is 35.8. The molecule has 2 heterocycles. The smallest absolute Gasteiger partial charge is 0.433 e. The molecule has 2 aromatic rings. The van der Waals surface area contributed by atoms with E-state index < -0.39 is 29.4 Å². The van der Waals surface area contributed by atoms with E-state index in [1.165, 1.54) is 64.2 Å². The minimum absolute atomic E-state index is 0.0505. The van der Waals surface area contributed by atoms with Crippen LogP contribution in [0.2, 0.25) is 0 Å². The molecule has 1 atom stereocenters. The Hall–Kier alpha value is -3.79. The SMILES string of the molecule is COC(=O)c1ccc2c(c1NC(=O)c1cccc(C(F)(F)F)n1)=C1C=CC(CCOCCCCCCCCCC(C)(C)C(C)(C)C)C=C1N=2. The van der Waals surface area contributed by atoms with Crippen LogP contribution in [0.1, 0.15) is 119 Å². The average molecular weight is 682 g/mol. The summed E-state index contributed by atoms with van der Waals surface area (Å²) in [5.41, 5.74) is 0.611. The van der Waals surface area contributed by atoms with Crippen molar-refractivity contribution in [1.82, 2.24) is 4.98 Å². The van der Waals surface area contributed by atoms with Gasteiger partial charge in [0.25, 0.3) is 5.91 Å². The summed E-state index contributed by atoms with van der Waals surface area (Å²) >= 11 is 0. The predicted molar refractivity (Wildman–Crippen MR) is 185 cm³/mol. The van der Waals surface area contributed by atoms with E-state index in [4.69, 9.17) is 14.5 Å². The van der Waals surface area contributed by atoms with Crippen LogP contribution in [0.25, 0.3) is 5.57 Å². The molecule has 1 aromatic carbocycles. The molecule has 0 fully saturated rings. The molecule has 0 spiro atoms. The topological polar surface area (TPSA) is 89.9 Å². The van der Waals surface area contributed by atoms with Crippen molar-refractivity contribution in [3.8, 4) is 0 Å². The maximum Gasteiger partial charge on any atom is 0.433 e. The number of hydrogen-bond donors (Lipinski definition) is 1. The first-order chi connectivity index (χ1) is 23.1. The molecule has 1 unspecified atom stereocenters. The highest BCUT2D eigenvalue weighted by molar-refractivity contribution is 6.07. The van der Waals surface area contributed by atoms with Crippen molar-refractivity contribution in [3.05, 3.63) is 81.8 Å². The minimum atomic E-state index is -4.71. The molecular weight excluding hydrogens is 631 g/mol. The fourth-order valence-corrected chi connectivity index (χ4v) is 5.89. The van der Waals surface area contributed by atoms with Crippen LogP contribution in [-0.4, -0.2) is 37.2 Å². The van der Waals surface area contributed by atoms with Crippen LogP contribution in [0.5, 0.6) is 0 Å². The Kier molecular flexibility index (Phi) is 12.6. The van der Waals surface area contributed by atoms with Gasteiger partial charge in [-0.1, -0.05) is 97.4 Å². The van der Waals surface area contributed by atoms with E-state index in [0.717, 1.165) is 31.6 Å². The average Bonchev–Trinajstić information content (AvgIpc) is 3.42. The van der Waals surface area contributed by atoms with Gasteiger partial charge in [-0.25, -0.2) is 14.8 Å². The number of esters is 1. The van der Waals surface area contributed by atoms with E-state index >= 15 is 0 Å². The van der Waals surface area contributed by atoms with Crippen LogP contribution in [-0.2, 0) is 15.7 Å². The molecule has 4 rings (SSSR count).